The standard InChI is InChI=1S/C11H11N2/c12-8-9-3-5-10(6-4-9)11-2-1-7-13-11/h1-7H,8,12H2. The van der Waals surface area contributed by atoms with Crippen LogP contribution in [0.1, 0.15) is 11.1 Å². The zero-order valence-corrected chi connectivity index (χ0v) is 7.27. The van der Waals surface area contributed by atoms with Crippen molar-refractivity contribution in [2.75, 3.05) is 0 Å². The van der Waals surface area contributed by atoms with E-state index in [-0.39, 0.29) is 0 Å². The van der Waals surface area contributed by atoms with Crippen molar-refractivity contribution >= 4 is 5.70 Å². The summed E-state index contributed by atoms with van der Waals surface area (Å²) < 4.78 is 0. The molecule has 0 bridgehead atoms. The van der Waals surface area contributed by atoms with Crippen LogP contribution in [0.25, 0.3) is 5.70 Å². The third kappa shape index (κ3) is 1.63. The fourth-order valence-electron chi connectivity index (χ4n) is 1.28. The molecule has 0 unspecified atom stereocenters. The molecule has 2 heteroatoms. The summed E-state index contributed by atoms with van der Waals surface area (Å²) in [7, 11) is 0. The topological polar surface area (TPSA) is 40.1 Å². The number of nitrogens with zero attached hydrogens (tertiary/aromatic N) is 1. The molecule has 1 aromatic rings. The lowest BCUT2D eigenvalue weighted by Crippen LogP contribution is -1.97. The zero-order valence-electron chi connectivity index (χ0n) is 7.27. The van der Waals surface area contributed by atoms with E-state index in [4.69, 9.17) is 5.73 Å². The fraction of sp³-hybridized carbons (Fsp3) is 0.0909. The highest BCUT2D eigenvalue weighted by Crippen LogP contribution is 2.16. The second-order valence-electron chi connectivity index (χ2n) is 2.92. The summed E-state index contributed by atoms with van der Waals surface area (Å²) in [6.07, 6.45) is 5.73. The predicted molar refractivity (Wildman–Crippen MR) is 53.6 cm³/mol. The number of allylic oxidation sites excluding steroid dienone is 2. The van der Waals surface area contributed by atoms with E-state index >= 15 is 0 Å². The minimum absolute atomic E-state index is 0.592. The molecule has 1 aliphatic rings. The average molecular weight is 171 g/mol. The SMILES string of the molecule is NCc1ccc(C2=CC=C[N]2)cc1. The van der Waals surface area contributed by atoms with Gasteiger partial charge in [0.1, 0.15) is 0 Å². The van der Waals surface area contributed by atoms with E-state index in [2.05, 4.69) is 5.32 Å². The zero-order chi connectivity index (χ0) is 9.10. The highest BCUT2D eigenvalue weighted by molar-refractivity contribution is 5.68. The molecule has 0 amide bonds. The normalized spacial score (nSPS) is 14.1. The van der Waals surface area contributed by atoms with Crippen LogP contribution >= 0.6 is 0 Å². The largest absolute Gasteiger partial charge is 0.326 e. The second-order valence-corrected chi connectivity index (χ2v) is 2.92. The highest BCUT2D eigenvalue weighted by atomic mass is 14.9. The van der Waals surface area contributed by atoms with Crippen molar-refractivity contribution < 1.29 is 0 Å². The molecule has 1 aliphatic heterocycles. The van der Waals surface area contributed by atoms with Gasteiger partial charge in [0.2, 0.25) is 0 Å². The maximum Gasteiger partial charge on any atom is 0.0702 e. The average Bonchev–Trinajstić information content (AvgIpc) is 2.71. The Morgan fingerprint density at radius 2 is 1.92 bits per heavy atom. The first kappa shape index (κ1) is 8.08. The first-order valence-corrected chi connectivity index (χ1v) is 4.27. The molecule has 0 saturated carbocycles. The number of nitrogens with two attached hydrogens (primary N) is 1. The molecular weight excluding hydrogens is 160 g/mol. The Balaban J connectivity index is 2.23. The van der Waals surface area contributed by atoms with Gasteiger partial charge >= 0.3 is 0 Å². The van der Waals surface area contributed by atoms with Gasteiger partial charge in [-0.2, -0.15) is 0 Å². The van der Waals surface area contributed by atoms with Crippen molar-refractivity contribution in [3.8, 4) is 0 Å². The van der Waals surface area contributed by atoms with Crippen molar-refractivity contribution in [1.29, 1.82) is 0 Å². The molecule has 2 N–H and O–H groups in total. The van der Waals surface area contributed by atoms with Gasteiger partial charge in [-0.3, -0.25) is 5.32 Å². The van der Waals surface area contributed by atoms with Gasteiger partial charge in [0, 0.05) is 18.3 Å². The maximum atomic E-state index is 5.50. The Hall–Kier alpha value is -1.54. The Kier molecular flexibility index (Phi) is 2.15. The Bertz CT molecular complexity index is 347. The van der Waals surface area contributed by atoms with E-state index in [0.29, 0.717) is 6.54 Å². The first-order chi connectivity index (χ1) is 6.40. The van der Waals surface area contributed by atoms with E-state index in [9.17, 15) is 0 Å². The lowest BCUT2D eigenvalue weighted by Gasteiger charge is -2.02. The van der Waals surface area contributed by atoms with Crippen molar-refractivity contribution in [1.82, 2.24) is 5.32 Å². The molecule has 0 atom stereocenters. The second kappa shape index (κ2) is 3.46. The summed E-state index contributed by atoms with van der Waals surface area (Å²) in [4.78, 5) is 0. The Morgan fingerprint density at radius 1 is 1.15 bits per heavy atom. The quantitative estimate of drug-likeness (QED) is 0.721. The minimum Gasteiger partial charge on any atom is -0.326 e. The van der Waals surface area contributed by atoms with E-state index in [1.807, 2.05) is 36.4 Å². The van der Waals surface area contributed by atoms with Crippen LogP contribution in [0, 0.1) is 0 Å². The molecular formula is C11H11N2. The van der Waals surface area contributed by atoms with E-state index in [1.54, 1.807) is 6.20 Å². The lowest BCUT2D eigenvalue weighted by molar-refractivity contribution is 1.07. The van der Waals surface area contributed by atoms with Gasteiger partial charge in [-0.1, -0.05) is 24.3 Å². The first-order valence-electron chi connectivity index (χ1n) is 4.27. The summed E-state index contributed by atoms with van der Waals surface area (Å²) in [5, 5.41) is 4.21. The lowest BCUT2D eigenvalue weighted by atomic mass is 10.1. The van der Waals surface area contributed by atoms with E-state index in [1.165, 1.54) is 0 Å². The van der Waals surface area contributed by atoms with Gasteiger partial charge in [0.25, 0.3) is 0 Å². The summed E-state index contributed by atoms with van der Waals surface area (Å²) >= 11 is 0. The summed E-state index contributed by atoms with van der Waals surface area (Å²) in [5.41, 5.74) is 8.81. The minimum atomic E-state index is 0.592. The van der Waals surface area contributed by atoms with Crippen LogP contribution in [-0.4, -0.2) is 0 Å². The molecule has 0 aliphatic carbocycles. The van der Waals surface area contributed by atoms with Crippen molar-refractivity contribution in [3.05, 3.63) is 53.7 Å². The number of hydrogen-bond acceptors (Lipinski definition) is 1. The van der Waals surface area contributed by atoms with E-state index in [0.717, 1.165) is 16.8 Å². The van der Waals surface area contributed by atoms with Gasteiger partial charge < -0.3 is 5.73 Å². The van der Waals surface area contributed by atoms with Crippen LogP contribution in [0.2, 0.25) is 0 Å². The molecule has 1 heterocycles. The van der Waals surface area contributed by atoms with Crippen LogP contribution < -0.4 is 11.1 Å². The highest BCUT2D eigenvalue weighted by Gasteiger charge is 2.02. The third-order valence-electron chi connectivity index (χ3n) is 2.04. The molecule has 1 radical (unpaired) electrons. The van der Waals surface area contributed by atoms with Crippen molar-refractivity contribution in [2.45, 2.75) is 6.54 Å². The van der Waals surface area contributed by atoms with Crippen LogP contribution in [0.4, 0.5) is 0 Å². The monoisotopic (exact) mass is 171 g/mol. The molecule has 13 heavy (non-hydrogen) atoms. The molecule has 2 rings (SSSR count). The number of rotatable bonds is 2. The van der Waals surface area contributed by atoms with Gasteiger partial charge in [0.15, 0.2) is 0 Å². The van der Waals surface area contributed by atoms with Crippen LogP contribution in [0.5, 0.6) is 0 Å². The third-order valence-corrected chi connectivity index (χ3v) is 2.04. The fourth-order valence-corrected chi connectivity index (χ4v) is 1.28. The molecule has 0 aromatic heterocycles. The smallest absolute Gasteiger partial charge is 0.0702 e. The van der Waals surface area contributed by atoms with Crippen molar-refractivity contribution in [2.24, 2.45) is 5.73 Å². The molecule has 0 spiro atoms. The van der Waals surface area contributed by atoms with Crippen LogP contribution in [0.3, 0.4) is 0 Å². The van der Waals surface area contributed by atoms with E-state index < -0.39 is 0 Å². The Morgan fingerprint density at radius 3 is 2.46 bits per heavy atom. The maximum absolute atomic E-state index is 5.50. The summed E-state index contributed by atoms with van der Waals surface area (Å²) in [5.74, 6) is 0. The van der Waals surface area contributed by atoms with Gasteiger partial charge in [-0.05, 0) is 17.7 Å². The molecule has 1 aromatic carbocycles. The van der Waals surface area contributed by atoms with Crippen LogP contribution in [0.15, 0.2) is 42.6 Å². The Labute approximate surface area is 77.8 Å². The summed E-state index contributed by atoms with van der Waals surface area (Å²) in [6.45, 7) is 0.592. The van der Waals surface area contributed by atoms with Gasteiger partial charge in [-0.25, -0.2) is 0 Å². The molecule has 65 valence electrons. The molecule has 2 nitrogen and oxygen atoms in total. The number of benzene rings is 1. The van der Waals surface area contributed by atoms with Gasteiger partial charge in [-0.15, -0.1) is 0 Å². The molecule has 0 saturated heterocycles. The number of hydrogen-bond donors (Lipinski definition) is 1. The van der Waals surface area contributed by atoms with Gasteiger partial charge in [0.05, 0.1) is 5.70 Å². The predicted octanol–water partition coefficient (Wildman–Crippen LogP) is 1.62. The van der Waals surface area contributed by atoms with Crippen LogP contribution in [-0.2, 0) is 6.54 Å². The van der Waals surface area contributed by atoms with Crippen molar-refractivity contribution in [3.63, 3.8) is 0 Å². The molecule has 0 fully saturated rings. The summed E-state index contributed by atoms with van der Waals surface area (Å²) in [6, 6.07) is 8.16.